The summed E-state index contributed by atoms with van der Waals surface area (Å²) >= 11 is 6.18. The normalized spacial score (nSPS) is 11.3. The van der Waals surface area contributed by atoms with Crippen LogP contribution in [-0.2, 0) is 6.54 Å². The van der Waals surface area contributed by atoms with Crippen LogP contribution >= 0.6 is 11.6 Å². The second kappa shape index (κ2) is 6.14. The summed E-state index contributed by atoms with van der Waals surface area (Å²) < 4.78 is 0. The average molecular weight is 264 g/mol. The summed E-state index contributed by atoms with van der Waals surface area (Å²) in [6, 6.07) is 7.92. The minimum absolute atomic E-state index is 0.726. The minimum atomic E-state index is 0.726. The summed E-state index contributed by atoms with van der Waals surface area (Å²) in [5.74, 6) is 0. The van der Waals surface area contributed by atoms with Crippen molar-refractivity contribution in [2.24, 2.45) is 5.73 Å². The van der Waals surface area contributed by atoms with E-state index in [2.05, 4.69) is 23.0 Å². The molecule has 2 rings (SSSR count). The van der Waals surface area contributed by atoms with E-state index >= 15 is 0 Å². The molecule has 0 spiro atoms. The first-order chi connectivity index (χ1) is 8.72. The third-order valence-electron chi connectivity index (χ3n) is 2.98. The molecule has 3 nitrogen and oxygen atoms in total. The number of hydrogen-bond donors (Lipinski definition) is 1. The maximum atomic E-state index is 6.18. The Kier molecular flexibility index (Phi) is 4.53. The number of pyridine rings is 1. The number of hydrogen-bond acceptors (Lipinski definition) is 3. The van der Waals surface area contributed by atoms with Crippen LogP contribution in [0.15, 0.2) is 30.5 Å². The van der Waals surface area contributed by atoms with Crippen molar-refractivity contribution in [2.75, 3.05) is 20.1 Å². The molecule has 96 valence electrons. The first kappa shape index (κ1) is 13.3. The van der Waals surface area contributed by atoms with E-state index in [1.165, 1.54) is 5.56 Å². The van der Waals surface area contributed by atoms with E-state index in [4.69, 9.17) is 17.3 Å². The standard InChI is InChI=1S/C14H18ClN3/c1-18(9-3-7-16)10-11-5-6-13(15)12-4-2-8-17-14(11)12/h2,4-6,8H,3,7,9-10,16H2,1H3. The number of aromatic nitrogens is 1. The van der Waals surface area contributed by atoms with Crippen LogP contribution < -0.4 is 5.73 Å². The van der Waals surface area contributed by atoms with Crippen molar-refractivity contribution in [3.05, 3.63) is 41.0 Å². The van der Waals surface area contributed by atoms with Gasteiger partial charge in [0.15, 0.2) is 0 Å². The third kappa shape index (κ3) is 2.99. The number of rotatable bonds is 5. The van der Waals surface area contributed by atoms with E-state index in [9.17, 15) is 0 Å². The summed E-state index contributed by atoms with van der Waals surface area (Å²) in [6.45, 7) is 2.59. The summed E-state index contributed by atoms with van der Waals surface area (Å²) in [4.78, 5) is 6.69. The second-order valence-corrected chi connectivity index (χ2v) is 4.89. The van der Waals surface area contributed by atoms with Crippen LogP contribution in [0.1, 0.15) is 12.0 Å². The molecule has 0 fully saturated rings. The fraction of sp³-hybridized carbons (Fsp3) is 0.357. The Labute approximate surface area is 113 Å². The lowest BCUT2D eigenvalue weighted by atomic mass is 10.1. The summed E-state index contributed by atoms with van der Waals surface area (Å²) in [5, 5.41) is 1.77. The van der Waals surface area contributed by atoms with Crippen LogP contribution in [0.25, 0.3) is 10.9 Å². The molecule has 0 aliphatic heterocycles. The van der Waals surface area contributed by atoms with Crippen LogP contribution in [0.2, 0.25) is 5.02 Å². The molecule has 1 aromatic carbocycles. The predicted molar refractivity (Wildman–Crippen MR) is 76.8 cm³/mol. The highest BCUT2D eigenvalue weighted by Gasteiger charge is 2.07. The van der Waals surface area contributed by atoms with Gasteiger partial charge in [0, 0.05) is 23.2 Å². The molecule has 1 heterocycles. The molecule has 0 aliphatic carbocycles. The van der Waals surface area contributed by atoms with Gasteiger partial charge in [-0.1, -0.05) is 17.7 Å². The molecule has 0 saturated heterocycles. The van der Waals surface area contributed by atoms with Gasteiger partial charge >= 0.3 is 0 Å². The van der Waals surface area contributed by atoms with E-state index in [1.807, 2.05) is 24.4 Å². The minimum Gasteiger partial charge on any atom is -0.330 e. The van der Waals surface area contributed by atoms with E-state index in [1.54, 1.807) is 0 Å². The Morgan fingerprint density at radius 1 is 1.33 bits per heavy atom. The third-order valence-corrected chi connectivity index (χ3v) is 3.31. The van der Waals surface area contributed by atoms with Gasteiger partial charge in [-0.05, 0) is 50.3 Å². The molecule has 2 aromatic rings. The second-order valence-electron chi connectivity index (χ2n) is 4.49. The highest BCUT2D eigenvalue weighted by molar-refractivity contribution is 6.35. The van der Waals surface area contributed by atoms with E-state index in [0.717, 1.165) is 42.0 Å². The van der Waals surface area contributed by atoms with Gasteiger partial charge in [0.05, 0.1) is 5.52 Å². The average Bonchev–Trinajstić information content (AvgIpc) is 2.40. The highest BCUT2D eigenvalue weighted by atomic mass is 35.5. The molecule has 0 unspecified atom stereocenters. The molecule has 0 amide bonds. The molecule has 1 aromatic heterocycles. The van der Waals surface area contributed by atoms with Crippen molar-refractivity contribution in [1.82, 2.24) is 9.88 Å². The molecule has 0 radical (unpaired) electrons. The van der Waals surface area contributed by atoms with Gasteiger partial charge in [-0.15, -0.1) is 0 Å². The lowest BCUT2D eigenvalue weighted by Gasteiger charge is -2.17. The molecular formula is C14H18ClN3. The van der Waals surface area contributed by atoms with Gasteiger partial charge in [-0.3, -0.25) is 4.98 Å². The smallest absolute Gasteiger partial charge is 0.0761 e. The summed E-state index contributed by atoms with van der Waals surface area (Å²) in [6.07, 6.45) is 2.82. The Morgan fingerprint density at radius 2 is 2.17 bits per heavy atom. The molecule has 0 aliphatic rings. The largest absolute Gasteiger partial charge is 0.330 e. The monoisotopic (exact) mass is 263 g/mol. The highest BCUT2D eigenvalue weighted by Crippen LogP contribution is 2.25. The Balaban J connectivity index is 2.26. The van der Waals surface area contributed by atoms with Crippen LogP contribution in [-0.4, -0.2) is 30.0 Å². The Morgan fingerprint density at radius 3 is 2.94 bits per heavy atom. The van der Waals surface area contributed by atoms with Crippen molar-refractivity contribution in [3.8, 4) is 0 Å². The van der Waals surface area contributed by atoms with E-state index in [-0.39, 0.29) is 0 Å². The summed E-state index contributed by atoms with van der Waals surface area (Å²) in [7, 11) is 2.10. The molecular weight excluding hydrogens is 246 g/mol. The molecule has 0 saturated carbocycles. The van der Waals surface area contributed by atoms with Gasteiger partial charge < -0.3 is 10.6 Å². The van der Waals surface area contributed by atoms with Crippen molar-refractivity contribution < 1.29 is 0 Å². The molecule has 2 N–H and O–H groups in total. The van der Waals surface area contributed by atoms with Crippen molar-refractivity contribution >= 4 is 22.5 Å². The lowest BCUT2D eigenvalue weighted by Crippen LogP contribution is -2.21. The van der Waals surface area contributed by atoms with Crippen LogP contribution in [0.4, 0.5) is 0 Å². The van der Waals surface area contributed by atoms with Crippen LogP contribution in [0.5, 0.6) is 0 Å². The van der Waals surface area contributed by atoms with Gasteiger partial charge in [0.1, 0.15) is 0 Å². The number of fused-ring (bicyclic) bond motifs is 1. The predicted octanol–water partition coefficient (Wildman–Crippen LogP) is 2.67. The fourth-order valence-electron chi connectivity index (χ4n) is 2.06. The van der Waals surface area contributed by atoms with Gasteiger partial charge in [-0.25, -0.2) is 0 Å². The molecule has 0 bridgehead atoms. The molecule has 18 heavy (non-hydrogen) atoms. The van der Waals surface area contributed by atoms with Gasteiger partial charge in [-0.2, -0.15) is 0 Å². The zero-order valence-corrected chi connectivity index (χ0v) is 11.3. The van der Waals surface area contributed by atoms with Crippen molar-refractivity contribution in [2.45, 2.75) is 13.0 Å². The maximum Gasteiger partial charge on any atom is 0.0761 e. The number of nitrogens with zero attached hydrogens (tertiary/aromatic N) is 2. The number of benzene rings is 1. The van der Waals surface area contributed by atoms with Gasteiger partial charge in [0.2, 0.25) is 0 Å². The zero-order valence-electron chi connectivity index (χ0n) is 10.6. The zero-order chi connectivity index (χ0) is 13.0. The Bertz CT molecular complexity index is 527. The lowest BCUT2D eigenvalue weighted by molar-refractivity contribution is 0.325. The van der Waals surface area contributed by atoms with Crippen molar-refractivity contribution in [1.29, 1.82) is 0 Å². The van der Waals surface area contributed by atoms with Crippen LogP contribution in [0.3, 0.4) is 0 Å². The fourth-order valence-corrected chi connectivity index (χ4v) is 2.27. The summed E-state index contributed by atoms with van der Waals surface area (Å²) in [5.41, 5.74) is 7.72. The first-order valence-corrected chi connectivity index (χ1v) is 6.51. The van der Waals surface area contributed by atoms with Crippen molar-refractivity contribution in [3.63, 3.8) is 0 Å². The molecule has 0 atom stereocenters. The maximum absolute atomic E-state index is 6.18. The van der Waals surface area contributed by atoms with E-state index in [0.29, 0.717) is 0 Å². The SMILES string of the molecule is CN(CCCN)Cc1ccc(Cl)c2cccnc12. The number of nitrogens with two attached hydrogens (primary N) is 1. The number of halogens is 1. The van der Waals surface area contributed by atoms with Gasteiger partial charge in [0.25, 0.3) is 0 Å². The van der Waals surface area contributed by atoms with Crippen LogP contribution in [0, 0.1) is 0 Å². The quantitative estimate of drug-likeness (QED) is 0.902. The molecule has 4 heteroatoms. The Hall–Kier alpha value is -1.16. The topological polar surface area (TPSA) is 42.1 Å². The van der Waals surface area contributed by atoms with E-state index < -0.39 is 0 Å². The first-order valence-electron chi connectivity index (χ1n) is 6.13.